The van der Waals surface area contributed by atoms with Gasteiger partial charge < -0.3 is 10.0 Å². The second kappa shape index (κ2) is 5.42. The maximum atomic E-state index is 12.7. The smallest absolute Gasteiger partial charge is 0.341 e. The van der Waals surface area contributed by atoms with E-state index in [0.29, 0.717) is 19.4 Å². The summed E-state index contributed by atoms with van der Waals surface area (Å²) in [4.78, 5) is 1.27. The summed E-state index contributed by atoms with van der Waals surface area (Å²) >= 11 is 0. The molecule has 1 fully saturated rings. The van der Waals surface area contributed by atoms with E-state index in [-0.39, 0.29) is 17.1 Å². The molecule has 0 radical (unpaired) electrons. The van der Waals surface area contributed by atoms with E-state index < -0.39 is 21.7 Å². The molecule has 1 saturated heterocycles. The van der Waals surface area contributed by atoms with Crippen LogP contribution in [-0.4, -0.2) is 38.5 Å². The topological polar surface area (TPSA) is 57.6 Å². The van der Waals surface area contributed by atoms with Crippen molar-refractivity contribution in [3.8, 4) is 0 Å². The first-order valence-electron chi connectivity index (χ1n) is 5.97. The molecule has 1 N–H and O–H groups in total. The summed E-state index contributed by atoms with van der Waals surface area (Å²) in [5.74, 6) is -3.44. The van der Waals surface area contributed by atoms with Crippen molar-refractivity contribution < 1.29 is 22.3 Å². The fourth-order valence-corrected chi connectivity index (χ4v) is 3.18. The number of aliphatic hydroxyl groups is 1. The molecule has 19 heavy (non-hydrogen) atoms. The Balaban J connectivity index is 2.42. The van der Waals surface area contributed by atoms with Gasteiger partial charge >= 0.3 is 5.76 Å². The summed E-state index contributed by atoms with van der Waals surface area (Å²) in [6.07, 6.45) is 0.779. The van der Waals surface area contributed by atoms with Crippen molar-refractivity contribution in [2.24, 2.45) is 0 Å². The van der Waals surface area contributed by atoms with E-state index in [1.165, 1.54) is 18.2 Å². The Morgan fingerprint density at radius 2 is 2.00 bits per heavy atom. The zero-order chi connectivity index (χ0) is 14.0. The second-order valence-electron chi connectivity index (χ2n) is 4.52. The minimum atomic E-state index is -4.63. The van der Waals surface area contributed by atoms with E-state index in [9.17, 15) is 22.3 Å². The fraction of sp³-hybridized carbons (Fsp3) is 0.500. The number of hydrogen-bond acceptors (Lipinski definition) is 4. The summed E-state index contributed by atoms with van der Waals surface area (Å²) in [5, 5.41) is 9.60. The Labute approximate surface area is 110 Å². The van der Waals surface area contributed by atoms with Crippen LogP contribution in [-0.2, 0) is 9.84 Å². The van der Waals surface area contributed by atoms with Crippen LogP contribution in [0, 0.1) is 0 Å². The van der Waals surface area contributed by atoms with Crippen LogP contribution in [0.4, 0.5) is 14.5 Å². The van der Waals surface area contributed by atoms with Crippen LogP contribution < -0.4 is 4.90 Å². The van der Waals surface area contributed by atoms with Gasteiger partial charge in [0.15, 0.2) is 0 Å². The van der Waals surface area contributed by atoms with E-state index in [4.69, 9.17) is 0 Å². The Kier molecular flexibility index (Phi) is 4.05. The SMILES string of the molecule is O=S(=O)(c1ccccc1N1CCC[C@H](O)C1)C(F)F. The number of nitrogens with zero attached hydrogens (tertiary/aromatic N) is 1. The van der Waals surface area contributed by atoms with Gasteiger partial charge in [0, 0.05) is 13.1 Å². The third kappa shape index (κ3) is 2.87. The normalized spacial score (nSPS) is 20.8. The lowest BCUT2D eigenvalue weighted by atomic mass is 10.1. The number of hydrogen-bond donors (Lipinski definition) is 1. The quantitative estimate of drug-likeness (QED) is 0.920. The third-order valence-electron chi connectivity index (χ3n) is 3.14. The average Bonchev–Trinajstić information content (AvgIpc) is 2.38. The molecular formula is C12H15F2NO3S. The number of alkyl halides is 2. The molecule has 0 saturated carbocycles. The summed E-state index contributed by atoms with van der Waals surface area (Å²) in [5.41, 5.74) is 0.238. The van der Waals surface area contributed by atoms with Crippen molar-refractivity contribution in [1.82, 2.24) is 0 Å². The summed E-state index contributed by atoms with van der Waals surface area (Å²) in [7, 11) is -4.63. The van der Waals surface area contributed by atoms with Crippen LogP contribution in [0.15, 0.2) is 29.2 Å². The average molecular weight is 291 g/mol. The number of piperidine rings is 1. The highest BCUT2D eigenvalue weighted by molar-refractivity contribution is 7.91. The van der Waals surface area contributed by atoms with E-state index in [1.807, 2.05) is 0 Å². The molecule has 1 atom stereocenters. The molecule has 0 amide bonds. The van der Waals surface area contributed by atoms with E-state index >= 15 is 0 Å². The first-order chi connectivity index (χ1) is 8.93. The molecule has 0 bridgehead atoms. The highest BCUT2D eigenvalue weighted by Gasteiger charge is 2.31. The Bertz CT molecular complexity index is 548. The lowest BCUT2D eigenvalue weighted by molar-refractivity contribution is 0.154. The van der Waals surface area contributed by atoms with Crippen molar-refractivity contribution in [2.75, 3.05) is 18.0 Å². The number of para-hydroxylation sites is 1. The molecule has 1 heterocycles. The van der Waals surface area contributed by atoms with E-state index in [1.54, 1.807) is 11.0 Å². The van der Waals surface area contributed by atoms with Gasteiger partial charge in [0.2, 0.25) is 9.84 Å². The number of benzene rings is 1. The molecule has 1 aliphatic heterocycles. The largest absolute Gasteiger partial charge is 0.391 e. The van der Waals surface area contributed by atoms with Gasteiger partial charge in [0.25, 0.3) is 0 Å². The highest BCUT2D eigenvalue weighted by atomic mass is 32.2. The summed E-state index contributed by atoms with van der Waals surface area (Å²) in [6.45, 7) is 0.808. The minimum absolute atomic E-state index is 0.238. The minimum Gasteiger partial charge on any atom is -0.391 e. The molecular weight excluding hydrogens is 276 g/mol. The van der Waals surface area contributed by atoms with Gasteiger partial charge in [0.1, 0.15) is 0 Å². The Hall–Kier alpha value is -1.21. The molecule has 0 unspecified atom stereocenters. The molecule has 4 nitrogen and oxygen atoms in total. The number of rotatable bonds is 3. The van der Waals surface area contributed by atoms with Gasteiger partial charge in [-0.15, -0.1) is 0 Å². The lowest BCUT2D eigenvalue weighted by Crippen LogP contribution is -2.39. The van der Waals surface area contributed by atoms with Crippen LogP contribution in [0.1, 0.15) is 12.8 Å². The molecule has 2 rings (SSSR count). The predicted octanol–water partition coefficient (Wildman–Crippen LogP) is 1.64. The maximum absolute atomic E-state index is 12.7. The first-order valence-corrected chi connectivity index (χ1v) is 7.51. The van der Waals surface area contributed by atoms with Gasteiger partial charge in [-0.1, -0.05) is 12.1 Å². The van der Waals surface area contributed by atoms with Gasteiger partial charge in [-0.25, -0.2) is 8.42 Å². The third-order valence-corrected chi connectivity index (χ3v) is 4.57. The van der Waals surface area contributed by atoms with Crippen LogP contribution in [0.25, 0.3) is 0 Å². The van der Waals surface area contributed by atoms with Crippen LogP contribution in [0.5, 0.6) is 0 Å². The fourth-order valence-electron chi connectivity index (χ4n) is 2.23. The van der Waals surface area contributed by atoms with Crippen molar-refractivity contribution in [2.45, 2.75) is 29.6 Å². The molecule has 1 aromatic carbocycles. The molecule has 0 aromatic heterocycles. The summed E-state index contributed by atoms with van der Waals surface area (Å²) in [6, 6.07) is 5.69. The zero-order valence-corrected chi connectivity index (χ0v) is 11.0. The predicted molar refractivity (Wildman–Crippen MR) is 67.1 cm³/mol. The van der Waals surface area contributed by atoms with Gasteiger partial charge in [0.05, 0.1) is 16.7 Å². The van der Waals surface area contributed by atoms with Crippen LogP contribution in [0.3, 0.4) is 0 Å². The van der Waals surface area contributed by atoms with Gasteiger partial charge in [-0.05, 0) is 25.0 Å². The molecule has 0 aliphatic carbocycles. The first kappa shape index (κ1) is 14.2. The van der Waals surface area contributed by atoms with Crippen molar-refractivity contribution >= 4 is 15.5 Å². The van der Waals surface area contributed by atoms with Gasteiger partial charge in [-0.2, -0.15) is 8.78 Å². The number of β-amino-alcohol motifs (C(OH)–C–C–N with tert-alkyl or cyclic N) is 1. The maximum Gasteiger partial charge on any atom is 0.341 e. The Morgan fingerprint density at radius 3 is 2.63 bits per heavy atom. The molecule has 106 valence electrons. The molecule has 1 aromatic rings. The highest BCUT2D eigenvalue weighted by Crippen LogP contribution is 2.30. The Morgan fingerprint density at radius 1 is 1.32 bits per heavy atom. The number of halogens is 2. The van der Waals surface area contributed by atoms with Crippen molar-refractivity contribution in [3.63, 3.8) is 0 Å². The van der Waals surface area contributed by atoms with E-state index in [0.717, 1.165) is 0 Å². The number of sulfone groups is 1. The zero-order valence-electron chi connectivity index (χ0n) is 10.2. The van der Waals surface area contributed by atoms with Crippen molar-refractivity contribution in [3.05, 3.63) is 24.3 Å². The number of aliphatic hydroxyl groups excluding tert-OH is 1. The van der Waals surface area contributed by atoms with E-state index in [2.05, 4.69) is 0 Å². The summed E-state index contributed by atoms with van der Waals surface area (Å²) < 4.78 is 48.6. The standard InChI is InChI=1S/C12H15F2NO3S/c13-12(14)19(17,18)11-6-2-1-5-10(11)15-7-3-4-9(16)8-15/h1-2,5-6,9,12,16H,3-4,7-8H2/t9-/m0/s1. The van der Waals surface area contributed by atoms with Crippen LogP contribution >= 0.6 is 0 Å². The monoisotopic (exact) mass is 291 g/mol. The molecule has 0 spiro atoms. The van der Waals surface area contributed by atoms with Crippen molar-refractivity contribution in [1.29, 1.82) is 0 Å². The number of anilines is 1. The molecule has 7 heteroatoms. The van der Waals surface area contributed by atoms with Gasteiger partial charge in [-0.3, -0.25) is 0 Å². The lowest BCUT2D eigenvalue weighted by Gasteiger charge is -2.33. The second-order valence-corrected chi connectivity index (χ2v) is 6.40. The molecule has 1 aliphatic rings. The van der Waals surface area contributed by atoms with Crippen LogP contribution in [0.2, 0.25) is 0 Å².